The van der Waals surface area contributed by atoms with Crippen molar-refractivity contribution in [1.82, 2.24) is 5.32 Å². The lowest BCUT2D eigenvalue weighted by molar-refractivity contribution is 0.182. The molecule has 0 amide bonds. The van der Waals surface area contributed by atoms with E-state index < -0.39 is 0 Å². The Morgan fingerprint density at radius 3 is 2.79 bits per heavy atom. The van der Waals surface area contributed by atoms with Crippen molar-refractivity contribution in [2.45, 2.75) is 51.6 Å². The number of benzene rings is 1. The summed E-state index contributed by atoms with van der Waals surface area (Å²) in [6.07, 6.45) is 5.47. The van der Waals surface area contributed by atoms with Crippen LogP contribution in [0.3, 0.4) is 0 Å². The minimum atomic E-state index is 0.389. The predicted octanol–water partition coefficient (Wildman–Crippen LogP) is 3.92. The molecule has 0 radical (unpaired) electrons. The van der Waals surface area contributed by atoms with Gasteiger partial charge >= 0.3 is 0 Å². The van der Waals surface area contributed by atoms with E-state index >= 15 is 0 Å². The maximum atomic E-state index is 5.79. The average molecular weight is 259 g/mol. The van der Waals surface area contributed by atoms with Gasteiger partial charge in [-0.25, -0.2) is 0 Å². The van der Waals surface area contributed by atoms with Gasteiger partial charge in [-0.3, -0.25) is 0 Å². The maximum Gasteiger partial charge on any atom is 0.124 e. The zero-order chi connectivity index (χ0) is 13.2. The van der Waals surface area contributed by atoms with E-state index in [0.29, 0.717) is 12.1 Å². The highest BCUT2D eigenvalue weighted by molar-refractivity contribution is 5.39. The van der Waals surface area contributed by atoms with Crippen LogP contribution in [0.5, 0.6) is 5.75 Å². The normalized spacial score (nSPS) is 30.2. The fourth-order valence-corrected chi connectivity index (χ4v) is 3.72. The highest BCUT2D eigenvalue weighted by atomic mass is 16.5. The van der Waals surface area contributed by atoms with Gasteiger partial charge in [-0.15, -0.1) is 0 Å². The van der Waals surface area contributed by atoms with Crippen molar-refractivity contribution < 1.29 is 4.74 Å². The van der Waals surface area contributed by atoms with Gasteiger partial charge in [-0.1, -0.05) is 44.9 Å². The summed E-state index contributed by atoms with van der Waals surface area (Å²) in [6, 6.07) is 9.50. The van der Waals surface area contributed by atoms with Crippen LogP contribution in [0.4, 0.5) is 0 Å². The largest absolute Gasteiger partial charge is 0.491 e. The first-order chi connectivity index (χ1) is 9.25. The maximum absolute atomic E-state index is 5.79. The molecule has 1 aromatic carbocycles. The summed E-state index contributed by atoms with van der Waals surface area (Å²) in [4.78, 5) is 0. The molecule has 1 saturated carbocycles. The number of rotatable bonds is 3. The highest BCUT2D eigenvalue weighted by Crippen LogP contribution is 2.36. The van der Waals surface area contributed by atoms with Gasteiger partial charge in [-0.2, -0.15) is 0 Å². The molecule has 0 bridgehead atoms. The van der Waals surface area contributed by atoms with E-state index in [1.54, 1.807) is 0 Å². The lowest BCUT2D eigenvalue weighted by atomic mass is 9.77. The summed E-state index contributed by atoms with van der Waals surface area (Å²) >= 11 is 0. The van der Waals surface area contributed by atoms with Crippen molar-refractivity contribution in [3.8, 4) is 5.75 Å². The zero-order valence-electron chi connectivity index (χ0n) is 12.1. The summed E-state index contributed by atoms with van der Waals surface area (Å²) in [6.45, 7) is 5.52. The number of nitrogens with one attached hydrogen (secondary N) is 1. The third-order valence-corrected chi connectivity index (χ3v) is 4.79. The molecular weight excluding hydrogens is 234 g/mol. The van der Waals surface area contributed by atoms with Gasteiger partial charge in [0.2, 0.25) is 0 Å². The van der Waals surface area contributed by atoms with E-state index in [4.69, 9.17) is 4.74 Å². The minimum Gasteiger partial charge on any atom is -0.491 e. The van der Waals surface area contributed by atoms with Crippen LogP contribution < -0.4 is 10.1 Å². The average Bonchev–Trinajstić information content (AvgIpc) is 2.83. The Kier molecular flexibility index (Phi) is 3.79. The number of para-hydroxylation sites is 1. The van der Waals surface area contributed by atoms with Gasteiger partial charge in [0.05, 0.1) is 6.04 Å². The van der Waals surface area contributed by atoms with Crippen molar-refractivity contribution in [2.24, 2.45) is 11.8 Å². The van der Waals surface area contributed by atoms with Gasteiger partial charge < -0.3 is 10.1 Å². The third-order valence-electron chi connectivity index (χ3n) is 4.79. The Labute approximate surface area is 116 Å². The summed E-state index contributed by atoms with van der Waals surface area (Å²) in [5.41, 5.74) is 1.34. The molecule has 19 heavy (non-hydrogen) atoms. The molecule has 1 N–H and O–H groups in total. The summed E-state index contributed by atoms with van der Waals surface area (Å²) in [5.74, 6) is 2.66. The van der Waals surface area contributed by atoms with Gasteiger partial charge in [0.1, 0.15) is 12.4 Å². The second kappa shape index (κ2) is 5.54. The molecule has 3 atom stereocenters. The topological polar surface area (TPSA) is 21.3 Å². The number of fused-ring (bicyclic) bond motifs is 1. The summed E-state index contributed by atoms with van der Waals surface area (Å²) in [7, 11) is 0. The van der Waals surface area contributed by atoms with Crippen LogP contribution in [0.2, 0.25) is 0 Å². The Bertz CT molecular complexity index is 429. The molecule has 1 aromatic rings. The Balaban J connectivity index is 1.71. The van der Waals surface area contributed by atoms with Crippen LogP contribution in [0.15, 0.2) is 24.3 Å². The standard InChI is InChI=1S/C17H25NO/c1-12(2)13-7-3-5-9-15(13)18-16-11-19-17-10-6-4-8-14(16)17/h4,6,8,10,12-13,15-16,18H,3,5,7,9,11H2,1-2H3. The SMILES string of the molecule is CC(C)C1CCCCC1NC1COc2ccccc21. The number of hydrogen-bond acceptors (Lipinski definition) is 2. The van der Waals surface area contributed by atoms with E-state index in [2.05, 4.69) is 43.4 Å². The first-order valence-corrected chi connectivity index (χ1v) is 7.73. The van der Waals surface area contributed by atoms with Crippen LogP contribution in [-0.2, 0) is 0 Å². The summed E-state index contributed by atoms with van der Waals surface area (Å²) in [5, 5.41) is 3.88. The Hall–Kier alpha value is -1.02. The van der Waals surface area contributed by atoms with E-state index in [1.165, 1.54) is 31.2 Å². The zero-order valence-corrected chi connectivity index (χ0v) is 12.1. The van der Waals surface area contributed by atoms with E-state index in [1.807, 2.05) is 0 Å². The minimum absolute atomic E-state index is 0.389. The van der Waals surface area contributed by atoms with Crippen LogP contribution >= 0.6 is 0 Å². The molecule has 2 heteroatoms. The van der Waals surface area contributed by atoms with E-state index in [0.717, 1.165) is 24.2 Å². The molecular formula is C17H25NO. The molecule has 1 aliphatic heterocycles. The van der Waals surface area contributed by atoms with Crippen LogP contribution in [0.25, 0.3) is 0 Å². The van der Waals surface area contributed by atoms with Crippen LogP contribution in [-0.4, -0.2) is 12.6 Å². The van der Waals surface area contributed by atoms with E-state index in [-0.39, 0.29) is 0 Å². The predicted molar refractivity (Wildman–Crippen MR) is 78.4 cm³/mol. The number of ether oxygens (including phenoxy) is 1. The lowest BCUT2D eigenvalue weighted by Crippen LogP contribution is -2.43. The number of hydrogen-bond donors (Lipinski definition) is 1. The molecule has 0 saturated heterocycles. The van der Waals surface area contributed by atoms with Gasteiger partial charge in [0, 0.05) is 11.6 Å². The fraction of sp³-hybridized carbons (Fsp3) is 0.647. The van der Waals surface area contributed by atoms with Gasteiger partial charge in [0.15, 0.2) is 0 Å². The second-order valence-corrected chi connectivity index (χ2v) is 6.37. The van der Waals surface area contributed by atoms with Gasteiger partial charge in [0.25, 0.3) is 0 Å². The quantitative estimate of drug-likeness (QED) is 0.888. The summed E-state index contributed by atoms with van der Waals surface area (Å²) < 4.78 is 5.79. The Morgan fingerprint density at radius 1 is 1.16 bits per heavy atom. The molecule has 104 valence electrons. The molecule has 2 nitrogen and oxygen atoms in total. The first kappa shape index (κ1) is 13.0. The third kappa shape index (κ3) is 2.64. The molecule has 3 unspecified atom stereocenters. The van der Waals surface area contributed by atoms with Gasteiger partial charge in [-0.05, 0) is 30.7 Å². The first-order valence-electron chi connectivity index (χ1n) is 7.73. The van der Waals surface area contributed by atoms with Crippen molar-refractivity contribution in [1.29, 1.82) is 0 Å². The monoisotopic (exact) mass is 259 g/mol. The molecule has 1 fully saturated rings. The molecule has 3 rings (SSSR count). The van der Waals surface area contributed by atoms with Crippen molar-refractivity contribution in [3.05, 3.63) is 29.8 Å². The van der Waals surface area contributed by atoms with Crippen molar-refractivity contribution in [3.63, 3.8) is 0 Å². The van der Waals surface area contributed by atoms with Crippen molar-refractivity contribution >= 4 is 0 Å². The molecule has 0 aromatic heterocycles. The van der Waals surface area contributed by atoms with Crippen LogP contribution in [0.1, 0.15) is 51.1 Å². The molecule has 2 aliphatic rings. The molecule has 1 heterocycles. The Morgan fingerprint density at radius 2 is 1.95 bits per heavy atom. The smallest absolute Gasteiger partial charge is 0.124 e. The molecule has 0 spiro atoms. The van der Waals surface area contributed by atoms with Crippen LogP contribution in [0, 0.1) is 11.8 Å². The molecule has 1 aliphatic carbocycles. The second-order valence-electron chi connectivity index (χ2n) is 6.37. The highest BCUT2D eigenvalue weighted by Gasteiger charge is 2.32. The van der Waals surface area contributed by atoms with E-state index in [9.17, 15) is 0 Å². The fourth-order valence-electron chi connectivity index (χ4n) is 3.72. The van der Waals surface area contributed by atoms with Crippen molar-refractivity contribution in [2.75, 3.05) is 6.61 Å². The lowest BCUT2D eigenvalue weighted by Gasteiger charge is -2.36.